The molecule has 0 radical (unpaired) electrons. The van der Waals surface area contributed by atoms with Crippen molar-refractivity contribution in [2.45, 2.75) is 13.8 Å². The lowest BCUT2D eigenvalue weighted by Gasteiger charge is -2.12. The summed E-state index contributed by atoms with van der Waals surface area (Å²) < 4.78 is 6.97. The van der Waals surface area contributed by atoms with Crippen molar-refractivity contribution in [2.24, 2.45) is 0 Å². The fourth-order valence-corrected chi connectivity index (χ4v) is 2.28. The molecule has 0 atom stereocenters. The average Bonchev–Trinajstić information content (AvgIpc) is 2.61. The molecule has 0 bridgehead atoms. The topological polar surface area (TPSA) is 64.0 Å². The minimum Gasteiger partial charge on any atom is -0.497 e. The Hall–Kier alpha value is -2.12. The minimum absolute atomic E-state index is 0.396. The van der Waals surface area contributed by atoms with Crippen molar-refractivity contribution in [3.05, 3.63) is 40.0 Å². The van der Waals surface area contributed by atoms with Gasteiger partial charge in [0.2, 0.25) is 0 Å². The van der Waals surface area contributed by atoms with E-state index in [0.29, 0.717) is 27.8 Å². The van der Waals surface area contributed by atoms with Crippen molar-refractivity contribution in [2.75, 3.05) is 12.8 Å². The van der Waals surface area contributed by atoms with E-state index in [1.807, 2.05) is 13.8 Å². The summed E-state index contributed by atoms with van der Waals surface area (Å²) in [7, 11) is 1.59. The molecule has 5 heteroatoms. The van der Waals surface area contributed by atoms with Crippen LogP contribution in [0.25, 0.3) is 5.69 Å². The van der Waals surface area contributed by atoms with Gasteiger partial charge in [0.05, 0.1) is 23.4 Å². The average molecular weight is 276 g/mol. The van der Waals surface area contributed by atoms with Crippen LogP contribution in [-0.2, 0) is 0 Å². The first-order valence-corrected chi connectivity index (χ1v) is 6.10. The highest BCUT2D eigenvalue weighted by atomic mass is 35.5. The van der Waals surface area contributed by atoms with Gasteiger partial charge < -0.3 is 10.5 Å². The molecule has 0 fully saturated rings. The fraction of sp³-hybridized carbons (Fsp3) is 0.214. The summed E-state index contributed by atoms with van der Waals surface area (Å²) in [6, 6.07) is 7.44. The summed E-state index contributed by atoms with van der Waals surface area (Å²) in [5, 5.41) is 9.70. The lowest BCUT2D eigenvalue weighted by atomic mass is 10.2. The Morgan fingerprint density at radius 3 is 2.58 bits per heavy atom. The predicted octanol–water partition coefficient (Wildman–Crippen LogP) is 3.21. The van der Waals surface area contributed by atoms with Crippen LogP contribution in [-0.4, -0.2) is 11.7 Å². The second kappa shape index (κ2) is 4.87. The summed E-state index contributed by atoms with van der Waals surface area (Å²) >= 11 is 6.22. The molecule has 0 amide bonds. The highest BCUT2D eigenvalue weighted by molar-refractivity contribution is 6.32. The van der Waals surface area contributed by atoms with Crippen LogP contribution in [0.3, 0.4) is 0 Å². The van der Waals surface area contributed by atoms with E-state index in [9.17, 15) is 0 Å². The number of anilines is 1. The summed E-state index contributed by atoms with van der Waals surface area (Å²) in [5.41, 5.74) is 8.99. The van der Waals surface area contributed by atoms with Gasteiger partial charge in [0.1, 0.15) is 17.6 Å². The van der Waals surface area contributed by atoms with Crippen molar-refractivity contribution in [3.63, 3.8) is 0 Å². The van der Waals surface area contributed by atoms with Crippen molar-refractivity contribution < 1.29 is 4.74 Å². The van der Waals surface area contributed by atoms with Gasteiger partial charge in [-0.05, 0) is 31.5 Å². The predicted molar refractivity (Wildman–Crippen MR) is 75.9 cm³/mol. The number of nitriles is 1. The third kappa shape index (κ3) is 2.02. The van der Waals surface area contributed by atoms with Crippen LogP contribution < -0.4 is 10.5 Å². The highest BCUT2D eigenvalue weighted by Crippen LogP contribution is 2.33. The molecule has 0 saturated carbocycles. The second-order valence-corrected chi connectivity index (χ2v) is 4.64. The van der Waals surface area contributed by atoms with Gasteiger partial charge >= 0.3 is 0 Å². The zero-order valence-electron chi connectivity index (χ0n) is 11.0. The van der Waals surface area contributed by atoms with Gasteiger partial charge in [-0.2, -0.15) is 5.26 Å². The monoisotopic (exact) mass is 275 g/mol. The van der Waals surface area contributed by atoms with Crippen LogP contribution in [0.2, 0.25) is 5.02 Å². The maximum Gasteiger partial charge on any atom is 0.126 e. The molecular weight excluding hydrogens is 262 g/mol. The first kappa shape index (κ1) is 13.3. The number of ether oxygens (including phenoxy) is 1. The Bertz CT molecular complexity index is 683. The summed E-state index contributed by atoms with van der Waals surface area (Å²) in [6.07, 6.45) is 0. The van der Waals surface area contributed by atoms with E-state index in [-0.39, 0.29) is 0 Å². The van der Waals surface area contributed by atoms with Gasteiger partial charge in [-0.1, -0.05) is 11.6 Å². The van der Waals surface area contributed by atoms with E-state index in [1.54, 1.807) is 29.9 Å². The quantitative estimate of drug-likeness (QED) is 0.915. The lowest BCUT2D eigenvalue weighted by Crippen LogP contribution is -2.03. The minimum atomic E-state index is 0.396. The first-order valence-electron chi connectivity index (χ1n) is 5.72. The summed E-state index contributed by atoms with van der Waals surface area (Å²) in [6.45, 7) is 3.77. The van der Waals surface area contributed by atoms with Gasteiger partial charge in [-0.3, -0.25) is 4.57 Å². The molecule has 2 N–H and O–H groups in total. The van der Waals surface area contributed by atoms with Crippen LogP contribution in [0.1, 0.15) is 16.8 Å². The van der Waals surface area contributed by atoms with E-state index in [4.69, 9.17) is 27.3 Å². The Morgan fingerprint density at radius 1 is 1.37 bits per heavy atom. The van der Waals surface area contributed by atoms with Gasteiger partial charge in [-0.25, -0.2) is 0 Å². The molecule has 98 valence electrons. The number of methoxy groups -OCH3 is 1. The molecule has 1 aromatic heterocycles. The Kier molecular flexibility index (Phi) is 3.41. The van der Waals surface area contributed by atoms with E-state index in [2.05, 4.69) is 6.07 Å². The van der Waals surface area contributed by atoms with Gasteiger partial charge in [0.25, 0.3) is 0 Å². The van der Waals surface area contributed by atoms with Gasteiger partial charge in [-0.15, -0.1) is 0 Å². The van der Waals surface area contributed by atoms with Crippen molar-refractivity contribution >= 4 is 17.4 Å². The number of aromatic nitrogens is 1. The molecule has 0 unspecified atom stereocenters. The SMILES string of the molecule is COc1ccc(Cl)c(-n2c(C)c(C)c(C#N)c2N)c1. The smallest absolute Gasteiger partial charge is 0.126 e. The second-order valence-electron chi connectivity index (χ2n) is 4.24. The van der Waals surface area contributed by atoms with E-state index in [0.717, 1.165) is 11.3 Å². The number of nitrogen functional groups attached to an aromatic ring is 1. The Morgan fingerprint density at radius 2 is 2.05 bits per heavy atom. The number of nitrogens with zero attached hydrogens (tertiary/aromatic N) is 2. The zero-order valence-corrected chi connectivity index (χ0v) is 11.7. The summed E-state index contributed by atoms with van der Waals surface area (Å²) in [4.78, 5) is 0. The van der Waals surface area contributed by atoms with Crippen LogP contribution in [0, 0.1) is 25.2 Å². The standard InChI is InChI=1S/C14H14ClN3O/c1-8-9(2)18(14(17)11(8)7-16)13-6-10(19-3)4-5-12(13)15/h4-6H,17H2,1-3H3. The van der Waals surface area contributed by atoms with Crippen molar-refractivity contribution in [1.82, 2.24) is 4.57 Å². The van der Waals surface area contributed by atoms with Crippen LogP contribution in [0.4, 0.5) is 5.82 Å². The molecule has 2 aromatic rings. The van der Waals surface area contributed by atoms with E-state index >= 15 is 0 Å². The molecule has 19 heavy (non-hydrogen) atoms. The maximum atomic E-state index is 9.15. The largest absolute Gasteiger partial charge is 0.497 e. The molecule has 0 spiro atoms. The number of rotatable bonds is 2. The number of halogens is 1. The third-order valence-corrected chi connectivity index (χ3v) is 3.58. The molecule has 0 saturated heterocycles. The fourth-order valence-electron chi connectivity index (χ4n) is 2.08. The first-order chi connectivity index (χ1) is 9.01. The molecule has 1 heterocycles. The molecule has 0 aliphatic heterocycles. The molecule has 4 nitrogen and oxygen atoms in total. The Labute approximate surface area is 117 Å². The number of hydrogen-bond acceptors (Lipinski definition) is 3. The molecule has 0 aliphatic rings. The number of benzene rings is 1. The van der Waals surface area contributed by atoms with Gasteiger partial charge in [0.15, 0.2) is 0 Å². The summed E-state index contributed by atoms with van der Waals surface area (Å²) in [5.74, 6) is 1.08. The number of hydrogen-bond donors (Lipinski definition) is 1. The highest BCUT2D eigenvalue weighted by Gasteiger charge is 2.18. The normalized spacial score (nSPS) is 10.3. The third-order valence-electron chi connectivity index (χ3n) is 3.26. The van der Waals surface area contributed by atoms with Crippen LogP contribution in [0.5, 0.6) is 5.75 Å². The maximum absolute atomic E-state index is 9.15. The Balaban J connectivity index is 2.76. The van der Waals surface area contributed by atoms with Crippen molar-refractivity contribution in [3.8, 4) is 17.5 Å². The van der Waals surface area contributed by atoms with Crippen LogP contribution >= 0.6 is 11.6 Å². The molecule has 0 aliphatic carbocycles. The van der Waals surface area contributed by atoms with E-state index in [1.165, 1.54) is 0 Å². The molecular formula is C14H14ClN3O. The van der Waals surface area contributed by atoms with E-state index < -0.39 is 0 Å². The number of nitrogens with two attached hydrogens (primary N) is 1. The van der Waals surface area contributed by atoms with Crippen LogP contribution in [0.15, 0.2) is 18.2 Å². The van der Waals surface area contributed by atoms with Crippen molar-refractivity contribution in [1.29, 1.82) is 5.26 Å². The zero-order chi connectivity index (χ0) is 14.2. The van der Waals surface area contributed by atoms with Gasteiger partial charge in [0, 0.05) is 11.8 Å². The molecule has 1 aromatic carbocycles. The molecule has 2 rings (SSSR count). The lowest BCUT2D eigenvalue weighted by molar-refractivity contribution is 0.414.